The van der Waals surface area contributed by atoms with E-state index in [0.29, 0.717) is 37.7 Å². The van der Waals surface area contributed by atoms with Crippen molar-refractivity contribution in [3.05, 3.63) is 23.8 Å². The smallest absolute Gasteiger partial charge is 0.279 e. The number of benzene rings is 1. The summed E-state index contributed by atoms with van der Waals surface area (Å²) >= 11 is 0. The van der Waals surface area contributed by atoms with Crippen LogP contribution in [0.2, 0.25) is 0 Å². The van der Waals surface area contributed by atoms with Crippen molar-refractivity contribution < 1.29 is 17.9 Å². The van der Waals surface area contributed by atoms with Crippen molar-refractivity contribution >= 4 is 10.2 Å². The zero-order valence-corrected chi connectivity index (χ0v) is 11.8. The van der Waals surface area contributed by atoms with E-state index >= 15 is 0 Å². The van der Waals surface area contributed by atoms with Gasteiger partial charge in [-0.2, -0.15) is 17.4 Å². The molecule has 0 atom stereocenters. The van der Waals surface area contributed by atoms with E-state index in [0.717, 1.165) is 5.56 Å². The third kappa shape index (κ3) is 2.73. The van der Waals surface area contributed by atoms with Crippen LogP contribution in [0.25, 0.3) is 0 Å². The van der Waals surface area contributed by atoms with E-state index in [1.165, 1.54) is 4.31 Å². The first-order valence-corrected chi connectivity index (χ1v) is 7.94. The van der Waals surface area contributed by atoms with Gasteiger partial charge in [-0.1, -0.05) is 12.1 Å². The number of nitrogens with one attached hydrogen (secondary N) is 2. The SMILES string of the molecule is O=S(=O)(NCc1cccc2c1OCO2)N1CCNCC1. The summed E-state index contributed by atoms with van der Waals surface area (Å²) in [7, 11) is -3.45. The fourth-order valence-corrected chi connectivity index (χ4v) is 3.46. The number of hydrogen-bond acceptors (Lipinski definition) is 5. The van der Waals surface area contributed by atoms with Gasteiger partial charge in [0.05, 0.1) is 0 Å². The molecule has 2 aliphatic rings. The number of piperazine rings is 1. The molecule has 7 nitrogen and oxygen atoms in total. The summed E-state index contributed by atoms with van der Waals surface area (Å²) in [6.45, 7) is 2.70. The molecular formula is C12H17N3O4S. The van der Waals surface area contributed by atoms with Crippen LogP contribution in [-0.2, 0) is 16.8 Å². The summed E-state index contributed by atoms with van der Waals surface area (Å²) in [4.78, 5) is 0. The molecule has 2 heterocycles. The summed E-state index contributed by atoms with van der Waals surface area (Å²) in [5, 5.41) is 3.12. The van der Waals surface area contributed by atoms with Crippen molar-refractivity contribution in [1.29, 1.82) is 0 Å². The average Bonchev–Trinajstić information content (AvgIpc) is 2.95. The van der Waals surface area contributed by atoms with Crippen LogP contribution >= 0.6 is 0 Å². The largest absolute Gasteiger partial charge is 0.454 e. The quantitative estimate of drug-likeness (QED) is 0.795. The van der Waals surface area contributed by atoms with Gasteiger partial charge in [0, 0.05) is 38.3 Å². The fraction of sp³-hybridized carbons (Fsp3) is 0.500. The highest BCUT2D eigenvalue weighted by Crippen LogP contribution is 2.35. The van der Waals surface area contributed by atoms with Crippen LogP contribution in [0.1, 0.15) is 5.56 Å². The Morgan fingerprint density at radius 3 is 2.85 bits per heavy atom. The molecule has 3 rings (SSSR count). The molecule has 2 N–H and O–H groups in total. The third-order valence-electron chi connectivity index (χ3n) is 3.34. The number of nitrogens with zero attached hydrogens (tertiary/aromatic N) is 1. The van der Waals surface area contributed by atoms with E-state index in [1.807, 2.05) is 12.1 Å². The number of ether oxygens (including phenoxy) is 2. The Morgan fingerprint density at radius 2 is 2.05 bits per heavy atom. The average molecular weight is 299 g/mol. The lowest BCUT2D eigenvalue weighted by molar-refractivity contribution is 0.173. The molecule has 0 unspecified atom stereocenters. The van der Waals surface area contributed by atoms with Gasteiger partial charge in [-0.05, 0) is 6.07 Å². The highest BCUT2D eigenvalue weighted by molar-refractivity contribution is 7.87. The van der Waals surface area contributed by atoms with E-state index in [9.17, 15) is 8.42 Å². The molecule has 0 aromatic heterocycles. The maximum atomic E-state index is 12.2. The number of para-hydroxylation sites is 1. The van der Waals surface area contributed by atoms with E-state index in [2.05, 4.69) is 10.0 Å². The van der Waals surface area contributed by atoms with Gasteiger partial charge in [0.2, 0.25) is 6.79 Å². The lowest BCUT2D eigenvalue weighted by Crippen LogP contribution is -2.50. The maximum absolute atomic E-state index is 12.2. The van der Waals surface area contributed by atoms with Gasteiger partial charge in [0.1, 0.15) is 0 Å². The molecule has 110 valence electrons. The fourth-order valence-electron chi connectivity index (χ4n) is 2.27. The highest BCUT2D eigenvalue weighted by Gasteiger charge is 2.24. The molecule has 0 radical (unpaired) electrons. The molecule has 0 amide bonds. The molecule has 0 spiro atoms. The molecule has 1 aromatic carbocycles. The molecule has 2 aliphatic heterocycles. The van der Waals surface area contributed by atoms with Crippen molar-refractivity contribution in [3.63, 3.8) is 0 Å². The summed E-state index contributed by atoms with van der Waals surface area (Å²) in [5.74, 6) is 1.28. The Balaban J connectivity index is 1.69. The standard InChI is InChI=1S/C12H17N3O4S/c16-20(17,15-6-4-13-5-7-15)14-8-10-2-1-3-11-12(10)19-9-18-11/h1-3,13-14H,4-9H2. The molecule has 0 saturated carbocycles. The molecule has 1 fully saturated rings. The Labute approximate surface area is 118 Å². The lowest BCUT2D eigenvalue weighted by Gasteiger charge is -2.26. The third-order valence-corrected chi connectivity index (χ3v) is 4.89. The van der Waals surface area contributed by atoms with Crippen molar-refractivity contribution in [1.82, 2.24) is 14.3 Å². The lowest BCUT2D eigenvalue weighted by atomic mass is 10.2. The van der Waals surface area contributed by atoms with E-state index in [-0.39, 0.29) is 13.3 Å². The monoisotopic (exact) mass is 299 g/mol. The highest BCUT2D eigenvalue weighted by atomic mass is 32.2. The second-order valence-corrected chi connectivity index (χ2v) is 6.38. The van der Waals surface area contributed by atoms with Crippen molar-refractivity contribution in [2.45, 2.75) is 6.54 Å². The minimum atomic E-state index is -3.45. The summed E-state index contributed by atoms with van der Waals surface area (Å²) < 4.78 is 39.0. The van der Waals surface area contributed by atoms with Crippen LogP contribution in [0, 0.1) is 0 Å². The summed E-state index contributed by atoms with van der Waals surface area (Å²) in [6, 6.07) is 5.45. The Hall–Kier alpha value is -1.35. The first kappa shape index (κ1) is 13.6. The minimum Gasteiger partial charge on any atom is -0.454 e. The van der Waals surface area contributed by atoms with Crippen LogP contribution in [0.3, 0.4) is 0 Å². The second kappa shape index (κ2) is 5.57. The van der Waals surface area contributed by atoms with E-state index in [4.69, 9.17) is 9.47 Å². The zero-order valence-electron chi connectivity index (χ0n) is 11.0. The molecule has 1 saturated heterocycles. The van der Waals surface area contributed by atoms with Gasteiger partial charge < -0.3 is 14.8 Å². The minimum absolute atomic E-state index is 0.177. The predicted octanol–water partition coefficient (Wildman–Crippen LogP) is -0.345. The van der Waals surface area contributed by atoms with E-state index < -0.39 is 10.2 Å². The van der Waals surface area contributed by atoms with Gasteiger partial charge >= 0.3 is 0 Å². The van der Waals surface area contributed by atoms with Gasteiger partial charge in [-0.3, -0.25) is 0 Å². The number of hydrogen-bond donors (Lipinski definition) is 2. The zero-order chi connectivity index (χ0) is 14.0. The topological polar surface area (TPSA) is 79.9 Å². The van der Waals surface area contributed by atoms with Crippen molar-refractivity contribution in [2.24, 2.45) is 0 Å². The van der Waals surface area contributed by atoms with E-state index in [1.54, 1.807) is 6.07 Å². The van der Waals surface area contributed by atoms with Crippen LogP contribution in [0.15, 0.2) is 18.2 Å². The molecule has 0 bridgehead atoms. The Kier molecular flexibility index (Phi) is 3.79. The van der Waals surface area contributed by atoms with Crippen molar-refractivity contribution in [2.75, 3.05) is 33.0 Å². The molecule has 1 aromatic rings. The summed E-state index contributed by atoms with van der Waals surface area (Å²) in [6.07, 6.45) is 0. The maximum Gasteiger partial charge on any atom is 0.279 e. The first-order valence-electron chi connectivity index (χ1n) is 6.50. The Bertz CT molecular complexity index is 584. The van der Waals surface area contributed by atoms with Gasteiger partial charge in [-0.25, -0.2) is 0 Å². The molecule has 8 heteroatoms. The second-order valence-electron chi connectivity index (χ2n) is 4.63. The Morgan fingerprint density at radius 1 is 1.25 bits per heavy atom. The van der Waals surface area contributed by atoms with Crippen LogP contribution < -0.4 is 19.5 Å². The molecule has 0 aliphatic carbocycles. The molecule has 20 heavy (non-hydrogen) atoms. The summed E-state index contributed by atoms with van der Waals surface area (Å²) in [5.41, 5.74) is 0.777. The van der Waals surface area contributed by atoms with Crippen LogP contribution in [-0.4, -0.2) is 45.7 Å². The first-order chi connectivity index (χ1) is 9.67. The van der Waals surface area contributed by atoms with Crippen molar-refractivity contribution in [3.8, 4) is 11.5 Å². The van der Waals surface area contributed by atoms with Gasteiger partial charge in [-0.15, -0.1) is 0 Å². The molecular weight excluding hydrogens is 282 g/mol. The number of rotatable bonds is 4. The van der Waals surface area contributed by atoms with Gasteiger partial charge in [0.25, 0.3) is 10.2 Å². The van der Waals surface area contributed by atoms with Crippen LogP contribution in [0.5, 0.6) is 11.5 Å². The normalized spacial score (nSPS) is 19.2. The number of fused-ring (bicyclic) bond motifs is 1. The van der Waals surface area contributed by atoms with Gasteiger partial charge in [0.15, 0.2) is 11.5 Å². The predicted molar refractivity (Wildman–Crippen MR) is 72.8 cm³/mol. The van der Waals surface area contributed by atoms with Crippen LogP contribution in [0.4, 0.5) is 0 Å².